The molecule has 1 atom stereocenters. The minimum absolute atomic E-state index is 0.182. The summed E-state index contributed by atoms with van der Waals surface area (Å²) in [6, 6.07) is 0.341. The molecule has 1 saturated heterocycles. The van der Waals surface area contributed by atoms with Gasteiger partial charge in [0, 0.05) is 5.54 Å². The first kappa shape index (κ1) is 9.58. The summed E-state index contributed by atoms with van der Waals surface area (Å²) in [5, 5.41) is 14.3. The van der Waals surface area contributed by atoms with Gasteiger partial charge in [-0.1, -0.05) is 5.21 Å². The van der Waals surface area contributed by atoms with Crippen molar-refractivity contribution in [3.05, 3.63) is 5.82 Å². The van der Waals surface area contributed by atoms with Crippen molar-refractivity contribution >= 4 is 0 Å². The van der Waals surface area contributed by atoms with E-state index in [0.717, 1.165) is 18.8 Å². The lowest BCUT2D eigenvalue weighted by Crippen LogP contribution is -2.40. The summed E-state index contributed by atoms with van der Waals surface area (Å²) in [5.74, 6) is 0.831. The van der Waals surface area contributed by atoms with Crippen molar-refractivity contribution in [2.45, 2.75) is 45.2 Å². The molecule has 0 aromatic carbocycles. The number of nitrogens with one attached hydrogen (secondary N) is 1. The number of rotatable bonds is 1. The summed E-state index contributed by atoms with van der Waals surface area (Å²) in [4.78, 5) is 2.44. The third-order valence-electron chi connectivity index (χ3n) is 2.77. The van der Waals surface area contributed by atoms with Gasteiger partial charge in [-0.25, -0.2) is 0 Å². The zero-order chi connectivity index (χ0) is 10.2. The van der Waals surface area contributed by atoms with Crippen LogP contribution in [0.15, 0.2) is 0 Å². The van der Waals surface area contributed by atoms with E-state index in [-0.39, 0.29) is 5.54 Å². The molecular formula is C9H17N5. The van der Waals surface area contributed by atoms with Crippen LogP contribution in [-0.2, 0) is 0 Å². The summed E-state index contributed by atoms with van der Waals surface area (Å²) < 4.78 is 0. The van der Waals surface area contributed by atoms with Gasteiger partial charge in [0.05, 0.1) is 6.04 Å². The van der Waals surface area contributed by atoms with Gasteiger partial charge in [0.1, 0.15) is 0 Å². The van der Waals surface area contributed by atoms with Crippen LogP contribution in [0, 0.1) is 0 Å². The number of aromatic nitrogens is 4. The molecule has 1 aliphatic rings. The van der Waals surface area contributed by atoms with E-state index in [1.165, 1.54) is 6.42 Å². The second kappa shape index (κ2) is 3.31. The normalized spacial score (nSPS) is 24.4. The predicted molar refractivity (Wildman–Crippen MR) is 52.6 cm³/mol. The van der Waals surface area contributed by atoms with Gasteiger partial charge < -0.3 is 0 Å². The predicted octanol–water partition coefficient (Wildman–Crippen LogP) is 1.14. The Morgan fingerprint density at radius 3 is 2.79 bits per heavy atom. The molecule has 2 heterocycles. The molecule has 14 heavy (non-hydrogen) atoms. The molecule has 78 valence electrons. The van der Waals surface area contributed by atoms with E-state index in [9.17, 15) is 0 Å². The van der Waals surface area contributed by atoms with Gasteiger partial charge in [0.15, 0.2) is 5.82 Å². The Morgan fingerprint density at radius 1 is 1.43 bits per heavy atom. The number of hydrogen-bond donors (Lipinski definition) is 1. The number of likely N-dealkylation sites (tertiary alicyclic amines) is 1. The highest BCUT2D eigenvalue weighted by molar-refractivity contribution is 4.98. The molecule has 0 saturated carbocycles. The third-order valence-corrected chi connectivity index (χ3v) is 2.77. The van der Waals surface area contributed by atoms with Crippen LogP contribution in [0.2, 0.25) is 0 Å². The Labute approximate surface area is 83.9 Å². The monoisotopic (exact) mass is 195 g/mol. The molecular weight excluding hydrogens is 178 g/mol. The minimum atomic E-state index is 0.182. The third kappa shape index (κ3) is 1.64. The minimum Gasteiger partial charge on any atom is -0.288 e. The van der Waals surface area contributed by atoms with Crippen LogP contribution >= 0.6 is 0 Å². The van der Waals surface area contributed by atoms with Crippen LogP contribution < -0.4 is 0 Å². The lowest BCUT2D eigenvalue weighted by Gasteiger charge is -2.35. The maximum atomic E-state index is 4.07. The number of nitrogens with zero attached hydrogens (tertiary/aromatic N) is 4. The fraction of sp³-hybridized carbons (Fsp3) is 0.889. The Balaban J connectivity index is 2.20. The number of hydrogen-bond acceptors (Lipinski definition) is 4. The topological polar surface area (TPSA) is 57.7 Å². The van der Waals surface area contributed by atoms with Crippen molar-refractivity contribution < 1.29 is 0 Å². The summed E-state index contributed by atoms with van der Waals surface area (Å²) in [6.45, 7) is 7.81. The van der Waals surface area contributed by atoms with Gasteiger partial charge in [-0.2, -0.15) is 5.21 Å². The van der Waals surface area contributed by atoms with Crippen LogP contribution in [0.1, 0.15) is 45.5 Å². The van der Waals surface area contributed by atoms with E-state index in [1.54, 1.807) is 0 Å². The largest absolute Gasteiger partial charge is 0.288 e. The fourth-order valence-corrected chi connectivity index (χ4v) is 2.15. The molecule has 5 nitrogen and oxygen atoms in total. The Bertz CT molecular complexity index is 287. The van der Waals surface area contributed by atoms with E-state index in [1.807, 2.05) is 0 Å². The molecule has 0 radical (unpaired) electrons. The Morgan fingerprint density at radius 2 is 2.21 bits per heavy atom. The maximum Gasteiger partial charge on any atom is 0.191 e. The van der Waals surface area contributed by atoms with Crippen molar-refractivity contribution in [3.63, 3.8) is 0 Å². The molecule has 1 N–H and O–H groups in total. The van der Waals surface area contributed by atoms with Crippen LogP contribution in [-0.4, -0.2) is 37.6 Å². The molecule has 1 fully saturated rings. The van der Waals surface area contributed by atoms with Gasteiger partial charge in [0.25, 0.3) is 0 Å². The Hall–Kier alpha value is -0.970. The summed E-state index contributed by atoms with van der Waals surface area (Å²) in [7, 11) is 0. The first-order chi connectivity index (χ1) is 6.59. The standard InChI is InChI=1S/C9H17N5/c1-9(2,3)14-6-4-5-7(14)8-10-12-13-11-8/h7H,4-6H2,1-3H3,(H,10,11,12,13). The number of aromatic amines is 1. The van der Waals surface area contributed by atoms with Gasteiger partial charge in [0.2, 0.25) is 0 Å². The average Bonchev–Trinajstić information content (AvgIpc) is 2.73. The van der Waals surface area contributed by atoms with Gasteiger partial charge in [-0.05, 0) is 40.2 Å². The Kier molecular flexibility index (Phi) is 2.26. The molecule has 1 unspecified atom stereocenters. The summed E-state index contributed by atoms with van der Waals surface area (Å²) in [5.41, 5.74) is 0.182. The van der Waals surface area contributed by atoms with Crippen LogP contribution in [0.3, 0.4) is 0 Å². The highest BCUT2D eigenvalue weighted by atomic mass is 15.5. The second-order valence-corrected chi connectivity index (χ2v) is 4.79. The average molecular weight is 195 g/mol. The van der Waals surface area contributed by atoms with Gasteiger partial charge in [-0.3, -0.25) is 4.90 Å². The SMILES string of the molecule is CC(C)(C)N1CCCC1c1nn[nH]n1. The van der Waals surface area contributed by atoms with Crippen molar-refractivity contribution in [1.29, 1.82) is 0 Å². The first-order valence-corrected chi connectivity index (χ1v) is 5.09. The second-order valence-electron chi connectivity index (χ2n) is 4.79. The smallest absolute Gasteiger partial charge is 0.191 e. The molecule has 2 rings (SSSR count). The molecule has 0 spiro atoms. The number of tetrazole rings is 1. The fourth-order valence-electron chi connectivity index (χ4n) is 2.15. The molecule has 1 aromatic heterocycles. The zero-order valence-corrected chi connectivity index (χ0v) is 8.99. The van der Waals surface area contributed by atoms with Crippen molar-refractivity contribution in [3.8, 4) is 0 Å². The molecule has 5 heteroatoms. The summed E-state index contributed by atoms with van der Waals surface area (Å²) in [6.07, 6.45) is 2.35. The molecule has 1 aromatic rings. The zero-order valence-electron chi connectivity index (χ0n) is 8.99. The molecule has 1 aliphatic heterocycles. The van der Waals surface area contributed by atoms with Crippen molar-refractivity contribution in [1.82, 2.24) is 25.5 Å². The lowest BCUT2D eigenvalue weighted by molar-refractivity contribution is 0.117. The highest BCUT2D eigenvalue weighted by Gasteiger charge is 2.35. The van der Waals surface area contributed by atoms with Crippen molar-refractivity contribution in [2.75, 3.05) is 6.54 Å². The van der Waals surface area contributed by atoms with Crippen LogP contribution in [0.5, 0.6) is 0 Å². The van der Waals surface area contributed by atoms with Crippen LogP contribution in [0.4, 0.5) is 0 Å². The first-order valence-electron chi connectivity index (χ1n) is 5.09. The maximum absolute atomic E-state index is 4.07. The van der Waals surface area contributed by atoms with E-state index < -0.39 is 0 Å². The van der Waals surface area contributed by atoms with Crippen LogP contribution in [0.25, 0.3) is 0 Å². The molecule has 0 amide bonds. The van der Waals surface area contributed by atoms with E-state index >= 15 is 0 Å². The number of H-pyrrole nitrogens is 1. The van der Waals surface area contributed by atoms with Gasteiger partial charge >= 0.3 is 0 Å². The molecule has 0 bridgehead atoms. The van der Waals surface area contributed by atoms with E-state index in [4.69, 9.17) is 0 Å². The summed E-state index contributed by atoms with van der Waals surface area (Å²) >= 11 is 0. The lowest BCUT2D eigenvalue weighted by atomic mass is 10.0. The molecule has 0 aliphatic carbocycles. The van der Waals surface area contributed by atoms with E-state index in [0.29, 0.717) is 6.04 Å². The van der Waals surface area contributed by atoms with Crippen molar-refractivity contribution in [2.24, 2.45) is 0 Å². The quantitative estimate of drug-likeness (QED) is 0.730. The van der Waals surface area contributed by atoms with Gasteiger partial charge in [-0.15, -0.1) is 10.2 Å². The van der Waals surface area contributed by atoms with E-state index in [2.05, 4.69) is 46.3 Å². The highest BCUT2D eigenvalue weighted by Crippen LogP contribution is 2.34.